The van der Waals surface area contributed by atoms with E-state index >= 15 is 26.3 Å². The summed E-state index contributed by atoms with van der Waals surface area (Å²) in [5.74, 6) is 6.25. The second-order valence-electron chi connectivity index (χ2n) is 21.8. The molecule has 0 saturated carbocycles. The maximum absolute atomic E-state index is 16.1. The van der Waals surface area contributed by atoms with E-state index in [9.17, 15) is 9.59 Å². The van der Waals surface area contributed by atoms with Crippen molar-refractivity contribution in [1.82, 2.24) is 48.2 Å². The van der Waals surface area contributed by atoms with Gasteiger partial charge in [0.25, 0.3) is 0 Å². The Morgan fingerprint density at radius 3 is 1.29 bits per heavy atom. The molecular weight excluding hydrogens is 1230 g/mol. The molecule has 6 heterocycles. The van der Waals surface area contributed by atoms with Gasteiger partial charge in [-0.15, -0.1) is 0 Å². The minimum atomic E-state index is -1.00. The molecular formula is C72H54F6N10O7. The molecule has 0 aliphatic rings. The minimum absolute atomic E-state index is 0.0222. The van der Waals surface area contributed by atoms with Crippen LogP contribution in [0.25, 0.3) is 44.6 Å². The van der Waals surface area contributed by atoms with Crippen LogP contribution in [0, 0.1) is 58.6 Å². The Labute approximate surface area is 539 Å². The lowest BCUT2D eigenvalue weighted by molar-refractivity contribution is 0.0397. The van der Waals surface area contributed by atoms with E-state index in [0.717, 1.165) is 24.3 Å². The van der Waals surface area contributed by atoms with Crippen LogP contribution in [0.4, 0.5) is 26.3 Å². The van der Waals surface area contributed by atoms with E-state index in [4.69, 9.17) is 33.7 Å². The van der Waals surface area contributed by atoms with Gasteiger partial charge in [-0.3, -0.25) is 0 Å². The molecule has 0 saturated heterocycles. The first kappa shape index (κ1) is 63.5. The first-order valence-electron chi connectivity index (χ1n) is 29.5. The number of halogens is 6. The Morgan fingerprint density at radius 2 is 0.895 bits per heavy atom. The molecule has 0 spiro atoms. The van der Waals surface area contributed by atoms with Crippen LogP contribution in [0.3, 0.4) is 0 Å². The van der Waals surface area contributed by atoms with Crippen molar-refractivity contribution in [1.29, 1.82) is 0 Å². The number of nitrogens with zero attached hydrogens (tertiary/aromatic N) is 10. The van der Waals surface area contributed by atoms with Gasteiger partial charge in [0.2, 0.25) is 11.8 Å². The minimum Gasteiger partial charge on any atom is -0.473 e. The highest BCUT2D eigenvalue weighted by Crippen LogP contribution is 2.32. The maximum Gasteiger partial charge on any atom is 0.346 e. The zero-order chi connectivity index (χ0) is 66.3. The monoisotopic (exact) mass is 1280 g/mol. The number of carbonyl (C=O) groups excluding carboxylic acids is 2. The predicted molar refractivity (Wildman–Crippen MR) is 338 cm³/mol. The van der Waals surface area contributed by atoms with Crippen molar-refractivity contribution in [2.75, 3.05) is 27.4 Å². The first-order valence-corrected chi connectivity index (χ1v) is 29.5. The molecule has 0 aliphatic carbocycles. The molecule has 17 nitrogen and oxygen atoms in total. The van der Waals surface area contributed by atoms with E-state index in [-0.39, 0.29) is 120 Å². The topological polar surface area (TPSA) is 177 Å². The summed E-state index contributed by atoms with van der Waals surface area (Å²) in [6.07, 6.45) is 6.06. The highest BCUT2D eigenvalue weighted by Gasteiger charge is 2.24. The number of methoxy groups -OCH3 is 2. The molecule has 0 fully saturated rings. The largest absolute Gasteiger partial charge is 0.473 e. The van der Waals surface area contributed by atoms with E-state index in [1.807, 2.05) is 0 Å². The smallest absolute Gasteiger partial charge is 0.346 e. The molecule has 6 aromatic heterocycles. The normalized spacial score (nSPS) is 11.2. The maximum atomic E-state index is 16.1. The number of hydrogen-bond acceptors (Lipinski definition) is 13. The zero-order valence-electron chi connectivity index (χ0n) is 51.3. The van der Waals surface area contributed by atoms with Crippen molar-refractivity contribution in [3.05, 3.63) is 261 Å². The first-order chi connectivity index (χ1) is 46.0. The Bertz CT molecular complexity index is 4760. The quantitative estimate of drug-likeness (QED) is 0.0305. The van der Waals surface area contributed by atoms with Crippen molar-refractivity contribution < 1.29 is 59.6 Å². The SMILES string of the molecule is COCCn1c(Cc2cc(F)c(-c3cccc(OCc4ccc(C#Cc5cncn5C)cc4F)n3)cc2F)nc2ccc(C(=O)OC(=O)c3ccc4nc(Cc5cc(F)c(-c6cccc(OCc7ccc(C#Cc8cncn8C)cc7F)n6)cc5F)n(CCOC)c4c3)cc21. The number of imidazole rings is 4. The highest BCUT2D eigenvalue weighted by molar-refractivity contribution is 6.05. The molecule has 95 heavy (non-hydrogen) atoms. The molecule has 0 atom stereocenters. The van der Waals surface area contributed by atoms with Gasteiger partial charge in [-0.2, -0.15) is 0 Å². The predicted octanol–water partition coefficient (Wildman–Crippen LogP) is 12.2. The summed E-state index contributed by atoms with van der Waals surface area (Å²) in [5.41, 5.74) is 4.05. The lowest BCUT2D eigenvalue weighted by atomic mass is 10.0. The van der Waals surface area contributed by atoms with Gasteiger partial charge in [-0.05, 0) is 120 Å². The van der Waals surface area contributed by atoms with Crippen LogP contribution in [0.5, 0.6) is 11.8 Å². The van der Waals surface area contributed by atoms with E-state index in [0.29, 0.717) is 56.2 Å². The highest BCUT2D eigenvalue weighted by atomic mass is 19.1. The summed E-state index contributed by atoms with van der Waals surface area (Å²) < 4.78 is 129. The number of esters is 2. The number of fused-ring (bicyclic) bond motifs is 2. The molecule has 0 N–H and O–H groups in total. The fourth-order valence-corrected chi connectivity index (χ4v) is 10.4. The van der Waals surface area contributed by atoms with E-state index < -0.39 is 46.8 Å². The molecule has 0 bridgehead atoms. The molecule has 0 unspecified atom stereocenters. The molecule has 0 amide bonds. The fraction of sp³-hybridized carbons (Fsp3) is 0.167. The zero-order valence-corrected chi connectivity index (χ0v) is 51.3. The summed E-state index contributed by atoms with van der Waals surface area (Å²) in [4.78, 5) is 53.8. The number of aromatic nitrogens is 10. The lowest BCUT2D eigenvalue weighted by Crippen LogP contribution is -2.14. The Hall–Kier alpha value is -11.7. The molecule has 0 radical (unpaired) electrons. The van der Waals surface area contributed by atoms with Crippen LogP contribution in [0.2, 0.25) is 0 Å². The summed E-state index contributed by atoms with van der Waals surface area (Å²) in [5, 5.41) is 0. The van der Waals surface area contributed by atoms with Gasteiger partial charge in [0.15, 0.2) is 0 Å². The second kappa shape index (κ2) is 28.1. The van der Waals surface area contributed by atoms with Gasteiger partial charge in [-0.25, -0.2) is 65.8 Å². The number of ether oxygens (including phenoxy) is 5. The molecule has 6 aromatic carbocycles. The van der Waals surface area contributed by atoms with E-state index in [1.165, 1.54) is 87.0 Å². The average molecular weight is 1290 g/mol. The van der Waals surface area contributed by atoms with Gasteiger partial charge in [0, 0.05) is 99.8 Å². The molecule has 476 valence electrons. The average Bonchev–Trinajstić information content (AvgIpc) is 1.74. The van der Waals surface area contributed by atoms with Gasteiger partial charge >= 0.3 is 11.9 Å². The van der Waals surface area contributed by atoms with Crippen LogP contribution in [0.15, 0.2) is 159 Å². The summed E-state index contributed by atoms with van der Waals surface area (Å²) in [6, 6.07) is 31.1. The Morgan fingerprint density at radius 1 is 0.463 bits per heavy atom. The number of hydrogen-bond donors (Lipinski definition) is 0. The van der Waals surface area contributed by atoms with Crippen molar-refractivity contribution in [3.63, 3.8) is 0 Å². The van der Waals surface area contributed by atoms with Crippen LogP contribution in [-0.2, 0) is 67.5 Å². The summed E-state index contributed by atoms with van der Waals surface area (Å²) in [6.45, 7) is 0.323. The fourth-order valence-electron chi connectivity index (χ4n) is 10.4. The Balaban J connectivity index is 0.707. The van der Waals surface area contributed by atoms with Crippen molar-refractivity contribution in [3.8, 4) is 58.0 Å². The molecule has 23 heteroatoms. The van der Waals surface area contributed by atoms with Crippen LogP contribution in [-0.4, -0.2) is 87.5 Å². The molecule has 0 aliphatic heterocycles. The van der Waals surface area contributed by atoms with Crippen LogP contribution < -0.4 is 9.47 Å². The van der Waals surface area contributed by atoms with Crippen molar-refractivity contribution in [2.24, 2.45) is 14.1 Å². The van der Waals surface area contributed by atoms with Crippen LogP contribution in [0.1, 0.15) is 77.1 Å². The third-order valence-electron chi connectivity index (χ3n) is 15.5. The van der Waals surface area contributed by atoms with Gasteiger partial charge in [-0.1, -0.05) is 36.1 Å². The number of rotatable bonds is 20. The number of benzene rings is 6. The third kappa shape index (κ3) is 14.4. The number of pyridine rings is 2. The number of aryl methyl sites for hydroxylation is 2. The van der Waals surface area contributed by atoms with Gasteiger partial charge in [0.1, 0.15) is 71.2 Å². The van der Waals surface area contributed by atoms with Gasteiger partial charge in [0.05, 0.1) is 82.8 Å². The van der Waals surface area contributed by atoms with Crippen LogP contribution >= 0.6 is 0 Å². The summed E-state index contributed by atoms with van der Waals surface area (Å²) in [7, 11) is 6.58. The lowest BCUT2D eigenvalue weighted by Gasteiger charge is -2.12. The van der Waals surface area contributed by atoms with Crippen molar-refractivity contribution in [2.45, 2.75) is 39.1 Å². The number of carbonyl (C=O) groups is 2. The van der Waals surface area contributed by atoms with Crippen molar-refractivity contribution >= 4 is 34.0 Å². The van der Waals surface area contributed by atoms with E-state index in [2.05, 4.69) is 43.6 Å². The molecule has 12 rings (SSSR count). The second-order valence-corrected chi connectivity index (χ2v) is 21.8. The van der Waals surface area contributed by atoms with E-state index in [1.54, 1.807) is 93.8 Å². The molecule has 12 aromatic rings. The standard InChI is InChI=1S/C72H54F6N10O7/c1-85-41-79-37-51(85)19-13-43-11-15-47(55(73)27-43)39-93-69-9-5-7-61(83-69)53-35-57(75)49(29-59(53)77)33-67-81-63-21-17-45(31-65(63)87(67)23-25-91-3)71(89)95-72(90)46-18-22-64-66(32-46)88(24-26-92-4)68(82-64)34-50-30-60(78)54(36-58(50)76)62-8-6-10-70(84-62)94-40-48-16-12-44(28-56(48)74)14-20-52-38-80-42-86(52)2/h5-12,15-18,21-22,27-32,35-38,41-42H,23-26,33-34,39-40H2,1-4H3. The Kier molecular flexibility index (Phi) is 18.8. The third-order valence-corrected chi connectivity index (χ3v) is 15.5. The van der Waals surface area contributed by atoms with Gasteiger partial charge < -0.3 is 42.0 Å². The summed E-state index contributed by atoms with van der Waals surface area (Å²) >= 11 is 0.